The molecule has 2 atom stereocenters. The summed E-state index contributed by atoms with van der Waals surface area (Å²) in [6, 6.07) is 5.11. The highest BCUT2D eigenvalue weighted by atomic mass is 19.1. The van der Waals surface area contributed by atoms with Crippen LogP contribution in [0.15, 0.2) is 18.2 Å². The van der Waals surface area contributed by atoms with Crippen LogP contribution in [0.1, 0.15) is 31.2 Å². The second-order valence-corrected chi connectivity index (χ2v) is 5.26. The molecule has 0 amide bonds. The van der Waals surface area contributed by atoms with Crippen molar-refractivity contribution in [3.05, 3.63) is 29.6 Å². The van der Waals surface area contributed by atoms with E-state index in [1.807, 2.05) is 6.07 Å². The molecular weight excluding hydrogens is 259 g/mol. The monoisotopic (exact) mass is 282 g/mol. The van der Waals surface area contributed by atoms with Gasteiger partial charge in [-0.2, -0.15) is 0 Å². The topological polar surface area (TPSA) is 56.5 Å². The van der Waals surface area contributed by atoms with Gasteiger partial charge in [0.15, 0.2) is 11.6 Å². The predicted molar refractivity (Wildman–Crippen MR) is 76.0 cm³/mol. The zero-order valence-corrected chi connectivity index (χ0v) is 11.9. The van der Waals surface area contributed by atoms with Crippen LogP contribution in [-0.4, -0.2) is 25.9 Å². The lowest BCUT2D eigenvalue weighted by Crippen LogP contribution is -2.40. The number of rotatable bonds is 6. The van der Waals surface area contributed by atoms with Crippen molar-refractivity contribution < 1.29 is 13.9 Å². The molecule has 1 aromatic rings. The molecule has 1 heterocycles. The van der Waals surface area contributed by atoms with Crippen LogP contribution in [0.25, 0.3) is 0 Å². The molecule has 0 spiro atoms. The van der Waals surface area contributed by atoms with Crippen molar-refractivity contribution in [2.75, 3.05) is 13.7 Å². The number of methoxy groups -OCH3 is 1. The standard InChI is InChI=1S/C15H23FN2O2/c1-19-15-6-5-11(9-14(15)16)8-12(18-17)10-13-4-2-3-7-20-13/h5-6,9,12-13,18H,2-4,7-8,10,17H2,1H3. The van der Waals surface area contributed by atoms with Gasteiger partial charge < -0.3 is 9.47 Å². The molecule has 1 aliphatic rings. The molecule has 1 fully saturated rings. The van der Waals surface area contributed by atoms with E-state index in [-0.39, 0.29) is 23.7 Å². The molecule has 4 nitrogen and oxygen atoms in total. The number of nitrogens with one attached hydrogen (secondary N) is 1. The lowest BCUT2D eigenvalue weighted by atomic mass is 9.97. The third-order valence-corrected chi connectivity index (χ3v) is 3.76. The number of nitrogens with two attached hydrogens (primary N) is 1. The first-order chi connectivity index (χ1) is 9.72. The highest BCUT2D eigenvalue weighted by Crippen LogP contribution is 2.21. The SMILES string of the molecule is COc1ccc(CC(CC2CCCCO2)NN)cc1F. The molecule has 1 saturated heterocycles. The Morgan fingerprint density at radius 2 is 2.35 bits per heavy atom. The first kappa shape index (κ1) is 15.2. The first-order valence-corrected chi connectivity index (χ1v) is 7.13. The summed E-state index contributed by atoms with van der Waals surface area (Å²) < 4.78 is 24.3. The summed E-state index contributed by atoms with van der Waals surface area (Å²) in [6.07, 6.45) is 5.21. The van der Waals surface area contributed by atoms with Gasteiger partial charge in [-0.1, -0.05) is 6.07 Å². The van der Waals surface area contributed by atoms with E-state index in [1.165, 1.54) is 19.6 Å². The Morgan fingerprint density at radius 3 is 2.95 bits per heavy atom. The van der Waals surface area contributed by atoms with E-state index in [2.05, 4.69) is 5.43 Å². The average Bonchev–Trinajstić information content (AvgIpc) is 2.48. The Bertz CT molecular complexity index is 422. The quantitative estimate of drug-likeness (QED) is 0.620. The molecule has 0 radical (unpaired) electrons. The number of hydrazine groups is 1. The maximum Gasteiger partial charge on any atom is 0.165 e. The molecule has 2 unspecified atom stereocenters. The highest BCUT2D eigenvalue weighted by Gasteiger charge is 2.19. The van der Waals surface area contributed by atoms with Crippen molar-refractivity contribution in [2.45, 2.75) is 44.2 Å². The molecule has 5 heteroatoms. The van der Waals surface area contributed by atoms with E-state index in [9.17, 15) is 4.39 Å². The van der Waals surface area contributed by atoms with Crippen molar-refractivity contribution in [1.29, 1.82) is 0 Å². The lowest BCUT2D eigenvalue weighted by Gasteiger charge is -2.26. The zero-order valence-electron chi connectivity index (χ0n) is 11.9. The van der Waals surface area contributed by atoms with Gasteiger partial charge in [-0.15, -0.1) is 0 Å². The highest BCUT2D eigenvalue weighted by molar-refractivity contribution is 5.29. The summed E-state index contributed by atoms with van der Waals surface area (Å²) in [4.78, 5) is 0. The summed E-state index contributed by atoms with van der Waals surface area (Å²) in [5, 5.41) is 0. The van der Waals surface area contributed by atoms with Crippen molar-refractivity contribution in [2.24, 2.45) is 5.84 Å². The fourth-order valence-corrected chi connectivity index (χ4v) is 2.64. The summed E-state index contributed by atoms with van der Waals surface area (Å²) in [5.41, 5.74) is 3.72. The number of benzene rings is 1. The molecule has 20 heavy (non-hydrogen) atoms. The maximum atomic E-state index is 13.7. The molecule has 0 aliphatic carbocycles. The molecule has 3 N–H and O–H groups in total. The molecule has 112 valence electrons. The van der Waals surface area contributed by atoms with E-state index in [0.717, 1.165) is 31.4 Å². The molecule has 1 aliphatic heterocycles. The lowest BCUT2D eigenvalue weighted by molar-refractivity contribution is 0.00523. The normalized spacial score (nSPS) is 20.6. The number of hydrogen-bond acceptors (Lipinski definition) is 4. The average molecular weight is 282 g/mol. The van der Waals surface area contributed by atoms with E-state index < -0.39 is 0 Å². The van der Waals surface area contributed by atoms with E-state index >= 15 is 0 Å². The van der Waals surface area contributed by atoms with Gasteiger partial charge in [0, 0.05) is 12.6 Å². The summed E-state index contributed by atoms with van der Waals surface area (Å²) in [7, 11) is 1.46. The van der Waals surface area contributed by atoms with Crippen molar-refractivity contribution in [3.8, 4) is 5.75 Å². The fourth-order valence-electron chi connectivity index (χ4n) is 2.64. The second kappa shape index (κ2) is 7.57. The molecule has 0 bridgehead atoms. The van der Waals surface area contributed by atoms with E-state index in [1.54, 1.807) is 6.07 Å². The van der Waals surface area contributed by atoms with Crippen LogP contribution in [0.5, 0.6) is 5.75 Å². The van der Waals surface area contributed by atoms with Crippen molar-refractivity contribution in [3.63, 3.8) is 0 Å². The third-order valence-electron chi connectivity index (χ3n) is 3.76. The summed E-state index contributed by atoms with van der Waals surface area (Å²) in [5.74, 6) is 5.54. The van der Waals surface area contributed by atoms with Crippen LogP contribution in [0.4, 0.5) is 4.39 Å². The van der Waals surface area contributed by atoms with Crippen LogP contribution in [0.2, 0.25) is 0 Å². The first-order valence-electron chi connectivity index (χ1n) is 7.13. The number of halogens is 1. The molecule has 2 rings (SSSR count). The Morgan fingerprint density at radius 1 is 1.50 bits per heavy atom. The van der Waals surface area contributed by atoms with Gasteiger partial charge in [0.1, 0.15) is 0 Å². The minimum atomic E-state index is -0.338. The van der Waals surface area contributed by atoms with Gasteiger partial charge >= 0.3 is 0 Å². The third kappa shape index (κ3) is 4.16. The Hall–Kier alpha value is -1.17. The largest absolute Gasteiger partial charge is 0.494 e. The molecule has 0 saturated carbocycles. The van der Waals surface area contributed by atoms with E-state index in [0.29, 0.717) is 6.42 Å². The summed E-state index contributed by atoms with van der Waals surface area (Å²) in [6.45, 7) is 0.832. The van der Waals surface area contributed by atoms with Crippen LogP contribution in [0.3, 0.4) is 0 Å². The van der Waals surface area contributed by atoms with Crippen LogP contribution in [-0.2, 0) is 11.2 Å². The van der Waals surface area contributed by atoms with Gasteiger partial charge in [0.2, 0.25) is 0 Å². The van der Waals surface area contributed by atoms with Crippen LogP contribution < -0.4 is 16.0 Å². The van der Waals surface area contributed by atoms with Crippen LogP contribution >= 0.6 is 0 Å². The molecular formula is C15H23FN2O2. The van der Waals surface area contributed by atoms with Gasteiger partial charge in [-0.25, -0.2) is 4.39 Å². The zero-order chi connectivity index (χ0) is 14.4. The number of ether oxygens (including phenoxy) is 2. The number of hydrogen-bond donors (Lipinski definition) is 2. The predicted octanol–water partition coefficient (Wildman–Crippen LogP) is 2.17. The minimum absolute atomic E-state index is 0.0888. The Balaban J connectivity index is 1.93. The summed E-state index contributed by atoms with van der Waals surface area (Å²) >= 11 is 0. The Kier molecular flexibility index (Phi) is 5.76. The molecule has 1 aromatic carbocycles. The van der Waals surface area contributed by atoms with Crippen molar-refractivity contribution >= 4 is 0 Å². The van der Waals surface area contributed by atoms with Crippen LogP contribution in [0, 0.1) is 5.82 Å². The smallest absolute Gasteiger partial charge is 0.165 e. The van der Waals surface area contributed by atoms with Gasteiger partial charge in [0.25, 0.3) is 0 Å². The van der Waals surface area contributed by atoms with E-state index in [4.69, 9.17) is 15.3 Å². The van der Waals surface area contributed by atoms with Gasteiger partial charge in [-0.05, 0) is 49.8 Å². The second-order valence-electron chi connectivity index (χ2n) is 5.26. The maximum absolute atomic E-state index is 13.7. The Labute approximate surface area is 119 Å². The fraction of sp³-hybridized carbons (Fsp3) is 0.600. The van der Waals surface area contributed by atoms with Gasteiger partial charge in [-0.3, -0.25) is 11.3 Å². The van der Waals surface area contributed by atoms with Gasteiger partial charge in [0.05, 0.1) is 13.2 Å². The molecule has 0 aromatic heterocycles. The minimum Gasteiger partial charge on any atom is -0.494 e. The van der Waals surface area contributed by atoms with Crippen molar-refractivity contribution in [1.82, 2.24) is 5.43 Å².